The molecule has 25 heavy (non-hydrogen) atoms. The number of nitrogens with one attached hydrogen (secondary N) is 1. The molecule has 3 aromatic heterocycles. The number of hydrogen-bond acceptors (Lipinski definition) is 3. The first kappa shape index (κ1) is 15.1. The van der Waals surface area contributed by atoms with E-state index in [9.17, 15) is 4.79 Å². The van der Waals surface area contributed by atoms with Crippen molar-refractivity contribution >= 4 is 11.6 Å². The monoisotopic (exact) mass is 328 g/mol. The van der Waals surface area contributed by atoms with E-state index in [2.05, 4.69) is 15.3 Å². The second-order valence-corrected chi connectivity index (χ2v) is 5.71. The summed E-state index contributed by atoms with van der Waals surface area (Å²) in [5.41, 5.74) is 4.28. The maximum absolute atomic E-state index is 12.4. The molecule has 0 saturated heterocycles. The molecule has 0 aliphatic carbocycles. The molecule has 5 heteroatoms. The average Bonchev–Trinajstić information content (AvgIpc) is 3.11. The fourth-order valence-electron chi connectivity index (χ4n) is 2.66. The molecule has 1 amide bonds. The number of carbonyl (C=O) groups is 1. The first-order valence-corrected chi connectivity index (χ1v) is 8.01. The Labute approximate surface area is 145 Å². The van der Waals surface area contributed by atoms with Gasteiger partial charge in [-0.3, -0.25) is 9.78 Å². The summed E-state index contributed by atoms with van der Waals surface area (Å²) in [5.74, 6) is -0.122. The van der Waals surface area contributed by atoms with Gasteiger partial charge in [-0.15, -0.1) is 0 Å². The summed E-state index contributed by atoms with van der Waals surface area (Å²) < 4.78 is 1.92. The highest BCUT2D eigenvalue weighted by molar-refractivity contribution is 5.95. The second-order valence-electron chi connectivity index (χ2n) is 5.71. The van der Waals surface area contributed by atoms with Crippen LogP contribution in [0.5, 0.6) is 0 Å². The van der Waals surface area contributed by atoms with Crippen LogP contribution in [0.1, 0.15) is 15.9 Å². The summed E-state index contributed by atoms with van der Waals surface area (Å²) in [6.45, 7) is 0.468. The Morgan fingerprint density at radius 2 is 1.84 bits per heavy atom. The number of rotatable bonds is 4. The summed E-state index contributed by atoms with van der Waals surface area (Å²) in [6.07, 6.45) is 7.24. The fraction of sp³-hybridized carbons (Fsp3) is 0.0500. The lowest BCUT2D eigenvalue weighted by Gasteiger charge is -2.05. The third-order valence-corrected chi connectivity index (χ3v) is 3.99. The van der Waals surface area contributed by atoms with Crippen LogP contribution in [0.4, 0.5) is 0 Å². The first-order valence-electron chi connectivity index (χ1n) is 8.01. The molecule has 5 nitrogen and oxygen atoms in total. The van der Waals surface area contributed by atoms with Crippen LogP contribution in [0, 0.1) is 0 Å². The molecule has 1 N–H and O–H groups in total. The van der Waals surface area contributed by atoms with Gasteiger partial charge < -0.3 is 9.72 Å². The van der Waals surface area contributed by atoms with Gasteiger partial charge in [0.2, 0.25) is 0 Å². The number of pyridine rings is 2. The molecule has 0 saturated carbocycles. The van der Waals surface area contributed by atoms with Gasteiger partial charge in [0.1, 0.15) is 5.65 Å². The lowest BCUT2D eigenvalue weighted by molar-refractivity contribution is 0.0951. The Morgan fingerprint density at radius 1 is 1.04 bits per heavy atom. The molecule has 0 atom stereocenters. The predicted molar refractivity (Wildman–Crippen MR) is 96.0 cm³/mol. The van der Waals surface area contributed by atoms with E-state index < -0.39 is 0 Å². The van der Waals surface area contributed by atoms with Gasteiger partial charge in [-0.1, -0.05) is 30.3 Å². The van der Waals surface area contributed by atoms with Gasteiger partial charge in [0.05, 0.1) is 5.69 Å². The third kappa shape index (κ3) is 3.26. The van der Waals surface area contributed by atoms with Crippen LogP contribution in [-0.2, 0) is 6.54 Å². The van der Waals surface area contributed by atoms with E-state index in [-0.39, 0.29) is 5.91 Å². The van der Waals surface area contributed by atoms with Crippen molar-refractivity contribution in [1.29, 1.82) is 0 Å². The minimum Gasteiger partial charge on any atom is -0.348 e. The zero-order chi connectivity index (χ0) is 17.1. The highest BCUT2D eigenvalue weighted by atomic mass is 16.1. The highest BCUT2D eigenvalue weighted by Crippen LogP contribution is 2.19. The van der Waals surface area contributed by atoms with Gasteiger partial charge in [-0.25, -0.2) is 4.98 Å². The van der Waals surface area contributed by atoms with Gasteiger partial charge in [0.15, 0.2) is 0 Å². The maximum Gasteiger partial charge on any atom is 0.251 e. The summed E-state index contributed by atoms with van der Waals surface area (Å²) in [6, 6.07) is 17.3. The van der Waals surface area contributed by atoms with Crippen LogP contribution < -0.4 is 5.32 Å². The topological polar surface area (TPSA) is 59.3 Å². The average molecular weight is 328 g/mol. The second kappa shape index (κ2) is 6.57. The Bertz CT molecular complexity index is 1010. The highest BCUT2D eigenvalue weighted by Gasteiger charge is 2.09. The van der Waals surface area contributed by atoms with Crippen molar-refractivity contribution in [1.82, 2.24) is 19.7 Å². The number of aromatic nitrogens is 3. The number of imidazole rings is 1. The van der Waals surface area contributed by atoms with Crippen molar-refractivity contribution in [2.45, 2.75) is 6.54 Å². The number of carbonyl (C=O) groups excluding carboxylic acids is 1. The molecule has 0 radical (unpaired) electrons. The number of fused-ring (bicyclic) bond motifs is 1. The van der Waals surface area contributed by atoms with Crippen molar-refractivity contribution in [3.8, 4) is 11.3 Å². The first-order chi connectivity index (χ1) is 12.3. The lowest BCUT2D eigenvalue weighted by Crippen LogP contribution is -2.22. The lowest BCUT2D eigenvalue weighted by atomic mass is 10.2. The summed E-state index contributed by atoms with van der Waals surface area (Å²) in [7, 11) is 0. The zero-order valence-corrected chi connectivity index (χ0v) is 13.5. The third-order valence-electron chi connectivity index (χ3n) is 3.99. The van der Waals surface area contributed by atoms with E-state index in [1.165, 1.54) is 0 Å². The van der Waals surface area contributed by atoms with Crippen LogP contribution in [-0.4, -0.2) is 20.3 Å². The predicted octanol–water partition coefficient (Wildman–Crippen LogP) is 3.33. The number of amides is 1. The van der Waals surface area contributed by atoms with Gasteiger partial charge in [-0.2, -0.15) is 0 Å². The van der Waals surface area contributed by atoms with Crippen LogP contribution in [0.15, 0.2) is 79.4 Å². The zero-order valence-electron chi connectivity index (χ0n) is 13.5. The summed E-state index contributed by atoms with van der Waals surface area (Å²) in [4.78, 5) is 21.0. The van der Waals surface area contributed by atoms with E-state index in [0.717, 1.165) is 22.5 Å². The van der Waals surface area contributed by atoms with E-state index >= 15 is 0 Å². The normalized spacial score (nSPS) is 10.7. The van der Waals surface area contributed by atoms with Crippen LogP contribution in [0.2, 0.25) is 0 Å². The van der Waals surface area contributed by atoms with Crippen molar-refractivity contribution in [2.75, 3.05) is 0 Å². The molecule has 122 valence electrons. The molecule has 1 aromatic carbocycles. The van der Waals surface area contributed by atoms with E-state index in [1.54, 1.807) is 24.5 Å². The standard InChI is InChI=1S/C20H16N4O/c25-20(22-13-15-6-9-21-10-7-15)17-8-11-24-14-18(23-19(24)12-17)16-4-2-1-3-5-16/h1-12,14H,13H2,(H,22,25). The largest absolute Gasteiger partial charge is 0.348 e. The smallest absolute Gasteiger partial charge is 0.251 e. The molecule has 0 bridgehead atoms. The van der Waals surface area contributed by atoms with Crippen molar-refractivity contribution in [3.05, 3.63) is 90.5 Å². The quantitative estimate of drug-likeness (QED) is 0.625. The molecule has 0 aliphatic heterocycles. The van der Waals surface area contributed by atoms with Crippen LogP contribution >= 0.6 is 0 Å². The van der Waals surface area contributed by atoms with E-state index in [0.29, 0.717) is 12.1 Å². The van der Waals surface area contributed by atoms with Gasteiger partial charge >= 0.3 is 0 Å². The molecule has 0 spiro atoms. The van der Waals surface area contributed by atoms with Crippen LogP contribution in [0.3, 0.4) is 0 Å². The number of benzene rings is 1. The fourth-order valence-corrected chi connectivity index (χ4v) is 2.66. The molecule has 3 heterocycles. The van der Waals surface area contributed by atoms with E-state index in [4.69, 9.17) is 0 Å². The van der Waals surface area contributed by atoms with E-state index in [1.807, 2.05) is 59.3 Å². The van der Waals surface area contributed by atoms with Crippen molar-refractivity contribution in [2.24, 2.45) is 0 Å². The maximum atomic E-state index is 12.4. The van der Waals surface area contributed by atoms with Crippen molar-refractivity contribution < 1.29 is 4.79 Å². The molecule has 4 rings (SSSR count). The summed E-state index contributed by atoms with van der Waals surface area (Å²) >= 11 is 0. The number of nitrogens with zero attached hydrogens (tertiary/aromatic N) is 3. The molecular formula is C20H16N4O. The van der Waals surface area contributed by atoms with Crippen molar-refractivity contribution in [3.63, 3.8) is 0 Å². The van der Waals surface area contributed by atoms with Gasteiger partial charge in [-0.05, 0) is 29.8 Å². The minimum absolute atomic E-state index is 0.122. The minimum atomic E-state index is -0.122. The SMILES string of the molecule is O=C(NCc1ccncc1)c1ccn2cc(-c3ccccc3)nc2c1. The molecule has 0 unspecified atom stereocenters. The van der Waals surface area contributed by atoms with Gasteiger partial charge in [0.25, 0.3) is 5.91 Å². The Morgan fingerprint density at radius 3 is 2.64 bits per heavy atom. The Balaban J connectivity index is 1.55. The molecule has 0 aliphatic rings. The molecular weight excluding hydrogens is 312 g/mol. The number of hydrogen-bond donors (Lipinski definition) is 1. The molecule has 0 fully saturated rings. The van der Waals surface area contributed by atoms with Crippen LogP contribution in [0.25, 0.3) is 16.9 Å². The molecule has 4 aromatic rings. The van der Waals surface area contributed by atoms with Gasteiger partial charge in [0, 0.05) is 42.5 Å². The summed E-state index contributed by atoms with van der Waals surface area (Å²) in [5, 5.41) is 2.91. The Hall–Kier alpha value is -3.47. The Kier molecular flexibility index (Phi) is 3.96.